The lowest BCUT2D eigenvalue weighted by molar-refractivity contribution is -0.122. The highest BCUT2D eigenvalue weighted by atomic mass is 32.1. The van der Waals surface area contributed by atoms with E-state index in [1.165, 1.54) is 18.3 Å². The Morgan fingerprint density at radius 1 is 1.38 bits per heavy atom. The largest absolute Gasteiger partial charge is 0.420 e. The lowest BCUT2D eigenvalue weighted by Crippen LogP contribution is -2.31. The number of carbonyl (C=O) groups is 2. The summed E-state index contributed by atoms with van der Waals surface area (Å²) in [6.07, 6.45) is 0.678. The maximum atomic E-state index is 11.7. The standard InChI is InChI=1S/C13H16N4O3S/c1-4-12-16-17-13(20-12)10-5-9(7(2)21-10)15-11(19)6-14-8(3)18/h5H,4,6H2,1-3H3,(H,14,18)(H,15,19). The van der Waals surface area contributed by atoms with Crippen molar-refractivity contribution in [2.24, 2.45) is 0 Å². The first kappa shape index (κ1) is 15.2. The van der Waals surface area contributed by atoms with Crippen LogP contribution >= 0.6 is 11.3 Å². The Morgan fingerprint density at radius 3 is 2.76 bits per heavy atom. The van der Waals surface area contributed by atoms with Gasteiger partial charge >= 0.3 is 0 Å². The van der Waals surface area contributed by atoms with Crippen molar-refractivity contribution < 1.29 is 14.0 Å². The van der Waals surface area contributed by atoms with Gasteiger partial charge in [0.15, 0.2) is 0 Å². The van der Waals surface area contributed by atoms with E-state index in [1.54, 1.807) is 6.07 Å². The van der Waals surface area contributed by atoms with Crippen LogP contribution in [0.1, 0.15) is 24.6 Å². The van der Waals surface area contributed by atoms with Gasteiger partial charge in [-0.05, 0) is 13.0 Å². The summed E-state index contributed by atoms with van der Waals surface area (Å²) in [5, 5.41) is 13.1. The minimum absolute atomic E-state index is 0.0551. The molecule has 2 heterocycles. The molecule has 2 aromatic heterocycles. The van der Waals surface area contributed by atoms with E-state index in [0.717, 1.165) is 9.75 Å². The Morgan fingerprint density at radius 2 is 2.14 bits per heavy atom. The second-order valence-electron chi connectivity index (χ2n) is 4.39. The average molecular weight is 308 g/mol. The summed E-state index contributed by atoms with van der Waals surface area (Å²) in [4.78, 5) is 24.2. The Labute approximate surface area is 125 Å². The molecule has 0 spiro atoms. The van der Waals surface area contributed by atoms with Gasteiger partial charge in [0.25, 0.3) is 5.89 Å². The number of aromatic nitrogens is 2. The molecule has 112 valence electrons. The highest BCUT2D eigenvalue weighted by Gasteiger charge is 2.14. The number of hydrogen-bond donors (Lipinski definition) is 2. The summed E-state index contributed by atoms with van der Waals surface area (Å²) in [5.41, 5.74) is 0.682. The van der Waals surface area contributed by atoms with Gasteiger partial charge < -0.3 is 15.1 Å². The molecule has 0 aliphatic carbocycles. The third-order valence-electron chi connectivity index (χ3n) is 2.67. The molecule has 2 N–H and O–H groups in total. The number of hydrogen-bond acceptors (Lipinski definition) is 6. The van der Waals surface area contributed by atoms with Crippen molar-refractivity contribution in [3.05, 3.63) is 16.8 Å². The summed E-state index contributed by atoms with van der Waals surface area (Å²) in [6, 6.07) is 1.79. The summed E-state index contributed by atoms with van der Waals surface area (Å²) in [7, 11) is 0. The molecule has 0 aromatic carbocycles. The van der Waals surface area contributed by atoms with Gasteiger partial charge in [-0.2, -0.15) is 0 Å². The van der Waals surface area contributed by atoms with Crippen molar-refractivity contribution in [3.63, 3.8) is 0 Å². The van der Waals surface area contributed by atoms with Crippen LogP contribution < -0.4 is 10.6 Å². The molecule has 0 fully saturated rings. The van der Waals surface area contributed by atoms with E-state index in [-0.39, 0.29) is 18.4 Å². The van der Waals surface area contributed by atoms with E-state index in [9.17, 15) is 9.59 Å². The van der Waals surface area contributed by atoms with Crippen LogP contribution in [0.2, 0.25) is 0 Å². The normalized spacial score (nSPS) is 10.4. The molecule has 2 amide bonds. The molecule has 21 heavy (non-hydrogen) atoms. The predicted molar refractivity (Wildman–Crippen MR) is 79.0 cm³/mol. The van der Waals surface area contributed by atoms with Gasteiger partial charge in [0, 0.05) is 18.2 Å². The van der Waals surface area contributed by atoms with Gasteiger partial charge in [0.2, 0.25) is 17.7 Å². The van der Waals surface area contributed by atoms with Gasteiger partial charge in [-0.1, -0.05) is 6.92 Å². The van der Waals surface area contributed by atoms with Gasteiger partial charge in [-0.25, -0.2) is 0 Å². The van der Waals surface area contributed by atoms with Crippen LogP contribution in [0.15, 0.2) is 10.5 Å². The zero-order valence-corrected chi connectivity index (χ0v) is 12.8. The summed E-state index contributed by atoms with van der Waals surface area (Å²) >= 11 is 1.46. The minimum Gasteiger partial charge on any atom is -0.420 e. The monoisotopic (exact) mass is 308 g/mol. The van der Waals surface area contributed by atoms with Crippen molar-refractivity contribution in [2.75, 3.05) is 11.9 Å². The third kappa shape index (κ3) is 3.88. The first-order chi connectivity index (χ1) is 9.99. The number of nitrogens with one attached hydrogen (secondary N) is 2. The van der Waals surface area contributed by atoms with E-state index < -0.39 is 0 Å². The first-order valence-corrected chi connectivity index (χ1v) is 7.28. The zero-order chi connectivity index (χ0) is 15.4. The molecule has 0 aliphatic heterocycles. The quantitative estimate of drug-likeness (QED) is 0.877. The van der Waals surface area contributed by atoms with E-state index in [2.05, 4.69) is 20.8 Å². The van der Waals surface area contributed by atoms with Crippen LogP contribution in [0.3, 0.4) is 0 Å². The molecule has 0 atom stereocenters. The Balaban J connectivity index is 2.08. The van der Waals surface area contributed by atoms with Gasteiger partial charge in [0.05, 0.1) is 17.1 Å². The lowest BCUT2D eigenvalue weighted by atomic mass is 10.3. The molecule has 0 unspecified atom stereocenters. The van der Waals surface area contributed by atoms with Crippen LogP contribution in [0.5, 0.6) is 0 Å². The topological polar surface area (TPSA) is 97.1 Å². The molecule has 0 aliphatic rings. The number of aryl methyl sites for hydroxylation is 2. The fraction of sp³-hybridized carbons (Fsp3) is 0.385. The molecule has 0 radical (unpaired) electrons. The maximum Gasteiger partial charge on any atom is 0.257 e. The number of anilines is 1. The highest BCUT2D eigenvalue weighted by molar-refractivity contribution is 7.15. The van der Waals surface area contributed by atoms with E-state index in [0.29, 0.717) is 23.9 Å². The molecule has 0 saturated heterocycles. The molecule has 0 bridgehead atoms. The van der Waals surface area contributed by atoms with Crippen molar-refractivity contribution in [2.45, 2.75) is 27.2 Å². The number of nitrogens with zero attached hydrogens (tertiary/aromatic N) is 2. The number of thiophene rings is 1. The average Bonchev–Trinajstić information content (AvgIpc) is 3.04. The first-order valence-electron chi connectivity index (χ1n) is 6.47. The Kier molecular flexibility index (Phi) is 4.69. The SMILES string of the molecule is CCc1nnc(-c2cc(NC(=O)CNC(C)=O)c(C)s2)o1. The van der Waals surface area contributed by atoms with Crippen molar-refractivity contribution >= 4 is 28.8 Å². The van der Waals surface area contributed by atoms with Crippen LogP contribution in [-0.4, -0.2) is 28.6 Å². The van der Waals surface area contributed by atoms with Crippen LogP contribution in [0.4, 0.5) is 5.69 Å². The van der Waals surface area contributed by atoms with Gasteiger partial charge in [0.1, 0.15) is 0 Å². The van der Waals surface area contributed by atoms with Gasteiger partial charge in [-0.3, -0.25) is 9.59 Å². The Hall–Kier alpha value is -2.22. The van der Waals surface area contributed by atoms with Crippen LogP contribution in [0, 0.1) is 6.92 Å². The molecule has 7 nitrogen and oxygen atoms in total. The second-order valence-corrected chi connectivity index (χ2v) is 5.65. The highest BCUT2D eigenvalue weighted by Crippen LogP contribution is 2.33. The number of carbonyl (C=O) groups excluding carboxylic acids is 2. The fourth-order valence-corrected chi connectivity index (χ4v) is 2.50. The second kappa shape index (κ2) is 6.49. The number of amides is 2. The predicted octanol–water partition coefficient (Wildman–Crippen LogP) is 1.74. The molecule has 0 saturated carbocycles. The molecule has 8 heteroatoms. The summed E-state index contributed by atoms with van der Waals surface area (Å²) < 4.78 is 5.49. The van der Waals surface area contributed by atoms with Crippen molar-refractivity contribution in [3.8, 4) is 10.8 Å². The van der Waals surface area contributed by atoms with Crippen LogP contribution in [-0.2, 0) is 16.0 Å². The minimum atomic E-state index is -0.280. The molecule has 2 rings (SSSR count). The molecular weight excluding hydrogens is 292 g/mol. The van der Waals surface area contributed by atoms with E-state index >= 15 is 0 Å². The van der Waals surface area contributed by atoms with Crippen molar-refractivity contribution in [1.29, 1.82) is 0 Å². The maximum absolute atomic E-state index is 11.7. The van der Waals surface area contributed by atoms with E-state index in [4.69, 9.17) is 4.42 Å². The zero-order valence-electron chi connectivity index (χ0n) is 12.0. The smallest absolute Gasteiger partial charge is 0.257 e. The molecular formula is C13H16N4O3S. The van der Waals surface area contributed by atoms with Crippen molar-refractivity contribution in [1.82, 2.24) is 15.5 Å². The summed E-state index contributed by atoms with van der Waals surface area (Å²) in [6.45, 7) is 5.13. The summed E-state index contributed by atoms with van der Waals surface area (Å²) in [5.74, 6) is 0.498. The van der Waals surface area contributed by atoms with Gasteiger partial charge in [-0.15, -0.1) is 21.5 Å². The number of rotatable bonds is 5. The lowest BCUT2D eigenvalue weighted by Gasteiger charge is -2.04. The Bertz CT molecular complexity index is 662. The van der Waals surface area contributed by atoms with Crippen LogP contribution in [0.25, 0.3) is 10.8 Å². The third-order valence-corrected chi connectivity index (χ3v) is 3.71. The van der Waals surface area contributed by atoms with E-state index in [1.807, 2.05) is 13.8 Å². The molecule has 2 aromatic rings. The fourth-order valence-electron chi connectivity index (χ4n) is 1.61.